The predicted molar refractivity (Wildman–Crippen MR) is 144 cm³/mol. The highest BCUT2D eigenvalue weighted by atomic mass is 35.5. The maximum absolute atomic E-state index is 13.2. The van der Waals surface area contributed by atoms with Crippen LogP contribution in [-0.2, 0) is 4.79 Å². The number of para-hydroxylation sites is 1. The number of fused-ring (bicyclic) bond motifs is 1. The molecule has 4 rings (SSSR count). The fourth-order valence-corrected chi connectivity index (χ4v) is 4.95. The van der Waals surface area contributed by atoms with E-state index < -0.39 is 0 Å². The Morgan fingerprint density at radius 1 is 1.19 bits per heavy atom. The molecule has 0 saturated carbocycles. The molecule has 1 aliphatic rings. The molecule has 2 amide bonds. The van der Waals surface area contributed by atoms with Crippen molar-refractivity contribution >= 4 is 40.4 Å². The van der Waals surface area contributed by atoms with Crippen molar-refractivity contribution in [3.63, 3.8) is 0 Å². The number of hydrogen-bond acceptors (Lipinski definition) is 5. The monoisotopic (exact) mass is 508 g/mol. The fraction of sp³-hybridized carbons (Fsp3) is 0.407. The van der Waals surface area contributed by atoms with Crippen molar-refractivity contribution in [3.8, 4) is 0 Å². The lowest BCUT2D eigenvalue weighted by molar-refractivity contribution is -0.126. The maximum atomic E-state index is 13.2. The Morgan fingerprint density at radius 3 is 2.75 bits per heavy atom. The summed E-state index contributed by atoms with van der Waals surface area (Å²) in [6.45, 7) is 5.81. The highest BCUT2D eigenvalue weighted by molar-refractivity contribution is 6.29. The molecule has 3 aromatic rings. The number of likely N-dealkylation sites (tertiary alicyclic amines) is 1. The van der Waals surface area contributed by atoms with Gasteiger partial charge in [-0.05, 0) is 71.0 Å². The van der Waals surface area contributed by atoms with E-state index in [1.54, 1.807) is 25.1 Å². The van der Waals surface area contributed by atoms with E-state index in [4.69, 9.17) is 16.6 Å². The molecule has 0 bridgehead atoms. The van der Waals surface area contributed by atoms with E-state index in [2.05, 4.69) is 14.9 Å². The van der Waals surface area contributed by atoms with Crippen LogP contribution < -0.4 is 5.32 Å². The first-order valence-corrected chi connectivity index (χ1v) is 12.6. The summed E-state index contributed by atoms with van der Waals surface area (Å²) in [5, 5.41) is 3.28. The highest BCUT2D eigenvalue weighted by Gasteiger charge is 2.27. The van der Waals surface area contributed by atoms with E-state index in [1.807, 2.05) is 55.1 Å². The molecule has 1 N–H and O–H groups in total. The maximum Gasteiger partial charge on any atom is 0.258 e. The molecule has 1 atom stereocenters. The summed E-state index contributed by atoms with van der Waals surface area (Å²) in [6, 6.07) is 9.18. The van der Waals surface area contributed by atoms with Crippen LogP contribution in [0.15, 0.2) is 42.5 Å². The Bertz CT molecular complexity index is 1280. The smallest absolute Gasteiger partial charge is 0.258 e. The lowest BCUT2D eigenvalue weighted by atomic mass is 10.1. The second kappa shape index (κ2) is 11.2. The van der Waals surface area contributed by atoms with Crippen LogP contribution in [0.3, 0.4) is 0 Å². The summed E-state index contributed by atoms with van der Waals surface area (Å²) in [4.78, 5) is 39.1. The number of amides is 2. The summed E-state index contributed by atoms with van der Waals surface area (Å²) < 4.78 is 2.10. The van der Waals surface area contributed by atoms with Crippen LogP contribution in [0.4, 0.5) is 5.95 Å². The first kappa shape index (κ1) is 25.9. The van der Waals surface area contributed by atoms with Gasteiger partial charge in [-0.15, -0.1) is 0 Å². The van der Waals surface area contributed by atoms with Crippen LogP contribution in [0.2, 0.25) is 5.15 Å². The third-order valence-corrected chi connectivity index (χ3v) is 6.57. The lowest BCUT2D eigenvalue weighted by Crippen LogP contribution is -2.35. The van der Waals surface area contributed by atoms with Gasteiger partial charge in [0, 0.05) is 37.0 Å². The van der Waals surface area contributed by atoms with Gasteiger partial charge >= 0.3 is 0 Å². The minimum Gasteiger partial charge on any atom is -0.337 e. The number of carbonyl (C=O) groups excluding carboxylic acids is 2. The van der Waals surface area contributed by atoms with Crippen LogP contribution in [0.25, 0.3) is 11.0 Å². The predicted octanol–water partition coefficient (Wildman–Crippen LogP) is 4.63. The van der Waals surface area contributed by atoms with Gasteiger partial charge < -0.3 is 14.4 Å². The van der Waals surface area contributed by atoms with Gasteiger partial charge in [0.15, 0.2) is 0 Å². The van der Waals surface area contributed by atoms with Crippen molar-refractivity contribution in [1.29, 1.82) is 0 Å². The number of likely N-dealkylation sites (N-methyl/N-ethyl adjacent to an activating group) is 1. The molecule has 1 aromatic carbocycles. The molecule has 9 heteroatoms. The molecule has 1 aliphatic heterocycles. The number of anilines is 1. The van der Waals surface area contributed by atoms with Gasteiger partial charge in [-0.1, -0.05) is 29.8 Å². The minimum atomic E-state index is -0.301. The number of halogens is 1. The van der Waals surface area contributed by atoms with E-state index in [0.29, 0.717) is 36.8 Å². The summed E-state index contributed by atoms with van der Waals surface area (Å²) >= 11 is 6.09. The fourth-order valence-electron chi connectivity index (χ4n) is 4.70. The van der Waals surface area contributed by atoms with Crippen molar-refractivity contribution < 1.29 is 9.59 Å². The summed E-state index contributed by atoms with van der Waals surface area (Å²) in [7, 11) is 3.95. The van der Waals surface area contributed by atoms with Crippen molar-refractivity contribution in [2.24, 2.45) is 0 Å². The first-order chi connectivity index (χ1) is 17.2. The zero-order chi connectivity index (χ0) is 25.8. The molecular formula is C27H33ClN6O2. The highest BCUT2D eigenvalue weighted by Crippen LogP contribution is 2.32. The Labute approximate surface area is 217 Å². The minimum absolute atomic E-state index is 0.0115. The summed E-state index contributed by atoms with van der Waals surface area (Å²) in [5.41, 5.74) is 3.93. The van der Waals surface area contributed by atoms with E-state index in [-0.39, 0.29) is 23.0 Å². The molecule has 190 valence electrons. The Kier molecular flexibility index (Phi) is 8.06. The average Bonchev–Trinajstić information content (AvgIpc) is 3.00. The summed E-state index contributed by atoms with van der Waals surface area (Å²) in [6.07, 6.45) is 6.36. The molecule has 1 unspecified atom stereocenters. The second-order valence-electron chi connectivity index (χ2n) is 9.62. The van der Waals surface area contributed by atoms with Crippen molar-refractivity contribution in [3.05, 3.63) is 64.5 Å². The molecule has 1 saturated heterocycles. The quantitative estimate of drug-likeness (QED) is 0.388. The van der Waals surface area contributed by atoms with Gasteiger partial charge in [-0.3, -0.25) is 14.9 Å². The van der Waals surface area contributed by atoms with Gasteiger partial charge in [0.25, 0.3) is 5.91 Å². The van der Waals surface area contributed by atoms with Crippen molar-refractivity contribution in [2.45, 2.75) is 39.2 Å². The number of nitrogens with zero attached hydrogens (tertiary/aromatic N) is 5. The Hall–Kier alpha value is -3.23. The van der Waals surface area contributed by atoms with E-state index in [1.165, 1.54) is 0 Å². The summed E-state index contributed by atoms with van der Waals surface area (Å²) in [5.74, 6) is 0.180. The molecule has 36 heavy (non-hydrogen) atoms. The largest absolute Gasteiger partial charge is 0.337 e. The third kappa shape index (κ3) is 5.94. The normalized spacial score (nSPS) is 16.6. The van der Waals surface area contributed by atoms with Crippen LogP contribution in [0.1, 0.15) is 46.9 Å². The Morgan fingerprint density at radius 2 is 2.00 bits per heavy atom. The zero-order valence-electron chi connectivity index (χ0n) is 21.3. The Balaban J connectivity index is 1.68. The molecule has 2 aromatic heterocycles. The number of aromatic nitrogens is 3. The molecule has 3 heterocycles. The molecular weight excluding hydrogens is 476 g/mol. The van der Waals surface area contributed by atoms with Crippen LogP contribution in [0.5, 0.6) is 0 Å². The lowest BCUT2D eigenvalue weighted by Gasteiger charge is -2.26. The van der Waals surface area contributed by atoms with Gasteiger partial charge in [-0.2, -0.15) is 0 Å². The van der Waals surface area contributed by atoms with Crippen LogP contribution in [0, 0.1) is 13.8 Å². The molecule has 1 fully saturated rings. The third-order valence-electron chi connectivity index (χ3n) is 6.38. The zero-order valence-corrected chi connectivity index (χ0v) is 22.0. The molecule has 0 spiro atoms. The van der Waals surface area contributed by atoms with Gasteiger partial charge in [0.1, 0.15) is 5.15 Å². The van der Waals surface area contributed by atoms with E-state index in [0.717, 1.165) is 35.9 Å². The van der Waals surface area contributed by atoms with Crippen LogP contribution >= 0.6 is 11.6 Å². The number of imidazole rings is 1. The first-order valence-electron chi connectivity index (χ1n) is 12.3. The van der Waals surface area contributed by atoms with Gasteiger partial charge in [0.2, 0.25) is 11.9 Å². The SMILES string of the molecule is Cc1cc(C(=O)Nc2nc3cccc(C)c3n2C2CCCCN(C(=O)/C=C/CN(C)C)C2)cc(Cl)n1. The number of rotatable bonds is 6. The molecule has 0 radical (unpaired) electrons. The van der Waals surface area contributed by atoms with Crippen molar-refractivity contribution in [2.75, 3.05) is 39.0 Å². The number of benzene rings is 1. The standard InChI is InChI=1S/C27H33ClN6O2/c1-18-9-7-11-22-25(18)34(27(30-22)31-26(36)20-15-19(2)29-23(28)16-20)21-10-5-6-14-33(17-21)24(35)12-8-13-32(3)4/h7-9,11-12,15-16,21H,5-6,10,13-14,17H2,1-4H3,(H,30,31,36)/b12-8+. The number of pyridine rings is 1. The number of carbonyl (C=O) groups is 2. The van der Waals surface area contributed by atoms with Crippen molar-refractivity contribution in [1.82, 2.24) is 24.3 Å². The van der Waals surface area contributed by atoms with Gasteiger partial charge in [-0.25, -0.2) is 9.97 Å². The molecule has 8 nitrogen and oxygen atoms in total. The number of aryl methyl sites for hydroxylation is 2. The van der Waals surface area contributed by atoms with Gasteiger partial charge in [0.05, 0.1) is 17.1 Å². The van der Waals surface area contributed by atoms with Crippen LogP contribution in [-0.4, -0.2) is 69.9 Å². The number of nitrogens with one attached hydrogen (secondary N) is 1. The van der Waals surface area contributed by atoms with E-state index in [9.17, 15) is 9.59 Å². The average molecular weight is 509 g/mol. The second-order valence-corrected chi connectivity index (χ2v) is 10.0. The van der Waals surface area contributed by atoms with E-state index >= 15 is 0 Å². The molecule has 0 aliphatic carbocycles. The topological polar surface area (TPSA) is 83.4 Å². The number of hydrogen-bond donors (Lipinski definition) is 1.